The van der Waals surface area contributed by atoms with E-state index in [1.54, 1.807) is 6.07 Å². The van der Waals surface area contributed by atoms with Crippen LogP contribution in [0, 0.1) is 0 Å². The molecule has 1 aliphatic carbocycles. The monoisotopic (exact) mass is 268 g/mol. The van der Waals surface area contributed by atoms with E-state index in [0.717, 1.165) is 24.4 Å². The standard InChI is InChI=1S/C17H20N2O/c20-17-12-15(14-8-4-5-9-14)18-16(19-17)11-10-13-6-2-1-3-7-13/h1-3,6-7,12,14H,4-5,8-11H2,(H,18,19,20). The van der Waals surface area contributed by atoms with Gasteiger partial charge in [0.1, 0.15) is 5.82 Å². The van der Waals surface area contributed by atoms with E-state index in [0.29, 0.717) is 5.92 Å². The zero-order valence-electron chi connectivity index (χ0n) is 11.6. The molecule has 0 radical (unpaired) electrons. The van der Waals surface area contributed by atoms with Gasteiger partial charge >= 0.3 is 0 Å². The quantitative estimate of drug-likeness (QED) is 0.925. The van der Waals surface area contributed by atoms with Crippen molar-refractivity contribution in [3.05, 3.63) is 63.8 Å². The van der Waals surface area contributed by atoms with Gasteiger partial charge in [0.15, 0.2) is 0 Å². The molecular formula is C17H20N2O. The van der Waals surface area contributed by atoms with Crippen LogP contribution in [0.4, 0.5) is 0 Å². The first-order chi connectivity index (χ1) is 9.81. The first-order valence-corrected chi connectivity index (χ1v) is 7.45. The first kappa shape index (κ1) is 13.1. The largest absolute Gasteiger partial charge is 0.311 e. The van der Waals surface area contributed by atoms with Crippen LogP contribution in [-0.4, -0.2) is 9.97 Å². The molecule has 1 fully saturated rings. The highest BCUT2D eigenvalue weighted by molar-refractivity contribution is 5.16. The van der Waals surface area contributed by atoms with Crippen molar-refractivity contribution in [2.45, 2.75) is 44.4 Å². The third kappa shape index (κ3) is 3.16. The molecule has 3 nitrogen and oxygen atoms in total. The van der Waals surface area contributed by atoms with Crippen molar-refractivity contribution in [1.82, 2.24) is 9.97 Å². The van der Waals surface area contributed by atoms with Crippen molar-refractivity contribution >= 4 is 0 Å². The minimum Gasteiger partial charge on any atom is -0.311 e. The average molecular weight is 268 g/mol. The molecule has 20 heavy (non-hydrogen) atoms. The molecule has 3 rings (SSSR count). The highest BCUT2D eigenvalue weighted by atomic mass is 16.1. The molecule has 0 bridgehead atoms. The fourth-order valence-corrected chi connectivity index (χ4v) is 2.99. The van der Waals surface area contributed by atoms with Gasteiger partial charge in [0, 0.05) is 18.4 Å². The van der Waals surface area contributed by atoms with Gasteiger partial charge in [-0.2, -0.15) is 0 Å². The number of aromatic nitrogens is 2. The van der Waals surface area contributed by atoms with Gasteiger partial charge in [-0.25, -0.2) is 4.98 Å². The van der Waals surface area contributed by atoms with Crippen molar-refractivity contribution in [3.63, 3.8) is 0 Å². The maximum absolute atomic E-state index is 11.8. The van der Waals surface area contributed by atoms with E-state index in [-0.39, 0.29) is 5.56 Å². The number of benzene rings is 1. The molecule has 0 aliphatic heterocycles. The van der Waals surface area contributed by atoms with Crippen LogP contribution in [-0.2, 0) is 12.8 Å². The molecule has 0 amide bonds. The lowest BCUT2D eigenvalue weighted by Crippen LogP contribution is -2.14. The van der Waals surface area contributed by atoms with Crippen molar-refractivity contribution in [1.29, 1.82) is 0 Å². The topological polar surface area (TPSA) is 45.8 Å². The summed E-state index contributed by atoms with van der Waals surface area (Å²) in [6.45, 7) is 0. The second-order valence-corrected chi connectivity index (χ2v) is 5.58. The van der Waals surface area contributed by atoms with Gasteiger partial charge in [-0.05, 0) is 24.8 Å². The molecule has 0 unspecified atom stereocenters. The molecule has 1 aromatic carbocycles. The predicted molar refractivity (Wildman–Crippen MR) is 79.9 cm³/mol. The highest BCUT2D eigenvalue weighted by Crippen LogP contribution is 2.32. The fourth-order valence-electron chi connectivity index (χ4n) is 2.99. The number of rotatable bonds is 4. The predicted octanol–water partition coefficient (Wildman–Crippen LogP) is 3.21. The Bertz CT molecular complexity index is 612. The maximum atomic E-state index is 11.8. The molecule has 0 saturated heterocycles. The van der Waals surface area contributed by atoms with Gasteiger partial charge in [-0.3, -0.25) is 4.79 Å². The number of nitrogens with zero attached hydrogens (tertiary/aromatic N) is 1. The number of aromatic amines is 1. The Labute approximate surface area is 119 Å². The van der Waals surface area contributed by atoms with Crippen LogP contribution in [0.1, 0.15) is 48.7 Å². The summed E-state index contributed by atoms with van der Waals surface area (Å²) in [6, 6.07) is 12.0. The van der Waals surface area contributed by atoms with Crippen LogP contribution in [0.5, 0.6) is 0 Å². The Balaban J connectivity index is 1.74. The van der Waals surface area contributed by atoms with Gasteiger partial charge in [-0.1, -0.05) is 43.2 Å². The van der Waals surface area contributed by atoms with E-state index < -0.39 is 0 Å². The smallest absolute Gasteiger partial charge is 0.251 e. The number of hydrogen-bond donors (Lipinski definition) is 1. The molecule has 1 N–H and O–H groups in total. The summed E-state index contributed by atoms with van der Waals surface area (Å²) in [6.07, 6.45) is 6.58. The maximum Gasteiger partial charge on any atom is 0.251 e. The molecular weight excluding hydrogens is 248 g/mol. The molecule has 1 heterocycles. The van der Waals surface area contributed by atoms with Crippen molar-refractivity contribution < 1.29 is 0 Å². The lowest BCUT2D eigenvalue weighted by atomic mass is 10.0. The van der Waals surface area contributed by atoms with Gasteiger partial charge in [0.2, 0.25) is 0 Å². The summed E-state index contributed by atoms with van der Waals surface area (Å²) in [5.74, 6) is 1.32. The Morgan fingerprint density at radius 2 is 1.85 bits per heavy atom. The number of hydrogen-bond acceptors (Lipinski definition) is 2. The lowest BCUT2D eigenvalue weighted by molar-refractivity contribution is 0.677. The summed E-state index contributed by atoms with van der Waals surface area (Å²) in [7, 11) is 0. The van der Waals surface area contributed by atoms with Crippen LogP contribution in [0.25, 0.3) is 0 Å². The van der Waals surface area contributed by atoms with E-state index in [4.69, 9.17) is 0 Å². The van der Waals surface area contributed by atoms with Gasteiger partial charge in [0.25, 0.3) is 5.56 Å². The second-order valence-electron chi connectivity index (χ2n) is 5.58. The molecule has 2 aromatic rings. The highest BCUT2D eigenvalue weighted by Gasteiger charge is 2.19. The zero-order valence-corrected chi connectivity index (χ0v) is 11.6. The van der Waals surface area contributed by atoms with E-state index in [1.807, 2.05) is 18.2 Å². The molecule has 0 atom stereocenters. The minimum atomic E-state index is -0.00929. The van der Waals surface area contributed by atoms with Crippen molar-refractivity contribution in [2.75, 3.05) is 0 Å². The summed E-state index contributed by atoms with van der Waals surface area (Å²) in [5, 5.41) is 0. The molecule has 1 aliphatic rings. The van der Waals surface area contributed by atoms with Gasteiger partial charge < -0.3 is 4.98 Å². The van der Waals surface area contributed by atoms with Gasteiger partial charge in [-0.15, -0.1) is 0 Å². The number of aryl methyl sites for hydroxylation is 2. The Hall–Kier alpha value is -1.90. The van der Waals surface area contributed by atoms with E-state index in [1.165, 1.54) is 31.2 Å². The molecule has 1 saturated carbocycles. The van der Waals surface area contributed by atoms with E-state index >= 15 is 0 Å². The number of H-pyrrole nitrogens is 1. The Morgan fingerprint density at radius 1 is 1.10 bits per heavy atom. The SMILES string of the molecule is O=c1cc(C2CCCC2)nc(CCc2ccccc2)[nH]1. The lowest BCUT2D eigenvalue weighted by Gasteiger charge is -2.09. The van der Waals surface area contributed by atoms with E-state index in [9.17, 15) is 4.79 Å². The molecule has 3 heteroatoms. The summed E-state index contributed by atoms with van der Waals surface area (Å²) in [5.41, 5.74) is 2.26. The third-order valence-electron chi connectivity index (χ3n) is 4.08. The summed E-state index contributed by atoms with van der Waals surface area (Å²) >= 11 is 0. The zero-order chi connectivity index (χ0) is 13.8. The summed E-state index contributed by atoms with van der Waals surface area (Å²) < 4.78 is 0. The third-order valence-corrected chi connectivity index (χ3v) is 4.08. The molecule has 104 valence electrons. The first-order valence-electron chi connectivity index (χ1n) is 7.45. The van der Waals surface area contributed by atoms with Crippen LogP contribution in [0.3, 0.4) is 0 Å². The average Bonchev–Trinajstić information content (AvgIpc) is 3.00. The molecule has 1 aromatic heterocycles. The minimum absolute atomic E-state index is 0.00929. The number of nitrogens with one attached hydrogen (secondary N) is 1. The second kappa shape index (κ2) is 6.04. The Kier molecular flexibility index (Phi) is 3.95. The normalized spacial score (nSPS) is 15.6. The van der Waals surface area contributed by atoms with Gasteiger partial charge in [0.05, 0.1) is 5.69 Å². The molecule has 0 spiro atoms. The summed E-state index contributed by atoms with van der Waals surface area (Å²) in [4.78, 5) is 19.3. The fraction of sp³-hybridized carbons (Fsp3) is 0.412. The van der Waals surface area contributed by atoms with Crippen LogP contribution in [0.2, 0.25) is 0 Å². The van der Waals surface area contributed by atoms with Crippen molar-refractivity contribution in [3.8, 4) is 0 Å². The van der Waals surface area contributed by atoms with Crippen LogP contribution in [0.15, 0.2) is 41.2 Å². The Morgan fingerprint density at radius 3 is 2.60 bits per heavy atom. The van der Waals surface area contributed by atoms with Crippen LogP contribution < -0.4 is 5.56 Å². The van der Waals surface area contributed by atoms with Crippen LogP contribution >= 0.6 is 0 Å². The van der Waals surface area contributed by atoms with E-state index in [2.05, 4.69) is 22.1 Å². The van der Waals surface area contributed by atoms with Crippen molar-refractivity contribution in [2.24, 2.45) is 0 Å².